The predicted octanol–water partition coefficient (Wildman–Crippen LogP) is 3.02. The summed E-state index contributed by atoms with van der Waals surface area (Å²) in [6.07, 6.45) is 4.38. The fourth-order valence-electron chi connectivity index (χ4n) is 1.95. The van der Waals surface area contributed by atoms with Crippen LogP contribution in [-0.2, 0) is 10.0 Å². The van der Waals surface area contributed by atoms with E-state index in [2.05, 4.69) is 28.7 Å². The predicted molar refractivity (Wildman–Crippen MR) is 108 cm³/mol. The van der Waals surface area contributed by atoms with Gasteiger partial charge in [0.05, 0.1) is 18.5 Å². The summed E-state index contributed by atoms with van der Waals surface area (Å²) in [6, 6.07) is 6.26. The number of hydrogen-bond donors (Lipinski definition) is 1. The van der Waals surface area contributed by atoms with Gasteiger partial charge in [-0.2, -0.15) is 0 Å². The largest absolute Gasteiger partial charge is 0.296 e. The molecule has 0 atom stereocenters. The zero-order chi connectivity index (χ0) is 19.2. The summed E-state index contributed by atoms with van der Waals surface area (Å²) in [5.74, 6) is 0.369. The van der Waals surface area contributed by atoms with E-state index in [1.807, 2.05) is 0 Å². The van der Waals surface area contributed by atoms with Gasteiger partial charge >= 0.3 is 0 Å². The minimum absolute atomic E-state index is 0.153. The summed E-state index contributed by atoms with van der Waals surface area (Å²) in [7, 11) is -3.43. The van der Waals surface area contributed by atoms with E-state index in [9.17, 15) is 13.2 Å². The molecule has 0 spiro atoms. The van der Waals surface area contributed by atoms with Crippen LogP contribution in [0.1, 0.15) is 10.4 Å². The zero-order valence-corrected chi connectivity index (χ0v) is 16.5. The van der Waals surface area contributed by atoms with Crippen LogP contribution in [0, 0.1) is 0 Å². The molecular weight excluding hydrogens is 392 g/mol. The average Bonchev–Trinajstić information content (AvgIpc) is 3.04. The molecule has 26 heavy (non-hydrogen) atoms. The summed E-state index contributed by atoms with van der Waals surface area (Å²) in [6.45, 7) is 7.35. The number of anilines is 2. The highest BCUT2D eigenvalue weighted by Crippen LogP contribution is 2.26. The van der Waals surface area contributed by atoms with Crippen LogP contribution in [0.5, 0.6) is 0 Å². The third-order valence-corrected chi connectivity index (χ3v) is 6.19. The molecule has 1 amide bonds. The molecule has 0 bridgehead atoms. The highest BCUT2D eigenvalue weighted by molar-refractivity contribution is 8.01. The van der Waals surface area contributed by atoms with Crippen LogP contribution in [0.3, 0.4) is 0 Å². The summed E-state index contributed by atoms with van der Waals surface area (Å²) in [5, 5.41) is 11.0. The molecule has 7 nitrogen and oxygen atoms in total. The first-order chi connectivity index (χ1) is 12.3. The lowest BCUT2D eigenvalue weighted by atomic mass is 10.2. The number of rotatable bonds is 9. The van der Waals surface area contributed by atoms with Crippen LogP contribution in [0.15, 0.2) is 53.9 Å². The van der Waals surface area contributed by atoms with E-state index in [0.717, 1.165) is 10.6 Å². The number of amides is 1. The van der Waals surface area contributed by atoms with Gasteiger partial charge in [-0.15, -0.1) is 23.4 Å². The van der Waals surface area contributed by atoms with Crippen molar-refractivity contribution in [1.82, 2.24) is 10.2 Å². The van der Waals surface area contributed by atoms with Crippen molar-refractivity contribution in [2.75, 3.05) is 28.2 Å². The molecule has 0 aliphatic rings. The van der Waals surface area contributed by atoms with Gasteiger partial charge in [0, 0.05) is 11.3 Å². The van der Waals surface area contributed by atoms with Gasteiger partial charge in [-0.3, -0.25) is 14.4 Å². The van der Waals surface area contributed by atoms with Gasteiger partial charge in [0.25, 0.3) is 5.91 Å². The van der Waals surface area contributed by atoms with E-state index < -0.39 is 10.0 Å². The molecule has 1 heterocycles. The number of nitrogens with zero attached hydrogens (tertiary/aromatic N) is 3. The molecule has 1 N–H and O–H groups in total. The van der Waals surface area contributed by atoms with Gasteiger partial charge in [-0.25, -0.2) is 8.42 Å². The smallest absolute Gasteiger partial charge is 0.257 e. The number of thioether (sulfide) groups is 1. The molecule has 0 aliphatic heterocycles. The topological polar surface area (TPSA) is 92.3 Å². The molecule has 0 radical (unpaired) electrons. The molecule has 0 saturated carbocycles. The van der Waals surface area contributed by atoms with Gasteiger partial charge in [-0.05, 0) is 24.3 Å². The van der Waals surface area contributed by atoms with E-state index in [1.54, 1.807) is 30.3 Å². The lowest BCUT2D eigenvalue weighted by Crippen LogP contribution is -2.29. The average molecular weight is 411 g/mol. The molecule has 138 valence electrons. The van der Waals surface area contributed by atoms with Crippen LogP contribution in [0.25, 0.3) is 0 Å². The van der Waals surface area contributed by atoms with E-state index in [-0.39, 0.29) is 12.5 Å². The highest BCUT2D eigenvalue weighted by Gasteiger charge is 2.17. The zero-order valence-electron chi connectivity index (χ0n) is 14.1. The Morgan fingerprint density at radius 3 is 2.54 bits per heavy atom. The fourth-order valence-corrected chi connectivity index (χ4v) is 4.34. The van der Waals surface area contributed by atoms with Crippen LogP contribution < -0.4 is 9.62 Å². The normalized spacial score (nSPS) is 11.0. The standard InChI is InChI=1S/C16H18N4O3S3/c1-4-10-20(26(3,22)23)13-8-6-12(7-9-13)14(21)17-15-18-19-16(25-15)24-11-5-2/h4-9H,1-2,10-11H2,3H3,(H,17,18,21). The van der Waals surface area contributed by atoms with Crippen molar-refractivity contribution < 1.29 is 13.2 Å². The lowest BCUT2D eigenvalue weighted by molar-refractivity contribution is 0.102. The van der Waals surface area contributed by atoms with Crippen molar-refractivity contribution in [3.05, 3.63) is 55.1 Å². The second-order valence-electron chi connectivity index (χ2n) is 5.06. The SMILES string of the molecule is C=CCSc1nnc(NC(=O)c2ccc(N(CC=C)S(C)(=O)=O)cc2)s1. The second kappa shape index (κ2) is 8.97. The molecule has 2 rings (SSSR count). The van der Waals surface area contributed by atoms with Crippen LogP contribution in [0.4, 0.5) is 10.8 Å². The van der Waals surface area contributed by atoms with Gasteiger partial charge in [0.1, 0.15) is 0 Å². The number of carbonyl (C=O) groups excluding carboxylic acids is 1. The maximum Gasteiger partial charge on any atom is 0.257 e. The third kappa shape index (κ3) is 5.41. The molecular formula is C16H18N4O3S3. The highest BCUT2D eigenvalue weighted by atomic mass is 32.2. The molecule has 0 saturated heterocycles. The van der Waals surface area contributed by atoms with E-state index in [4.69, 9.17) is 0 Å². The number of sulfonamides is 1. The van der Waals surface area contributed by atoms with Crippen molar-refractivity contribution in [3.8, 4) is 0 Å². The maximum absolute atomic E-state index is 12.3. The first-order valence-electron chi connectivity index (χ1n) is 7.42. The minimum atomic E-state index is -3.43. The number of carbonyl (C=O) groups is 1. The Morgan fingerprint density at radius 1 is 1.27 bits per heavy atom. The Labute approximate surface area is 160 Å². The minimum Gasteiger partial charge on any atom is -0.296 e. The lowest BCUT2D eigenvalue weighted by Gasteiger charge is -2.20. The van der Waals surface area contributed by atoms with Crippen molar-refractivity contribution in [2.24, 2.45) is 0 Å². The quantitative estimate of drug-likeness (QED) is 0.388. The maximum atomic E-state index is 12.3. The molecule has 1 aromatic heterocycles. The van der Waals surface area contributed by atoms with Crippen molar-refractivity contribution >= 4 is 49.8 Å². The Balaban J connectivity index is 2.09. The summed E-state index contributed by atoms with van der Waals surface area (Å²) in [4.78, 5) is 12.3. The molecule has 10 heteroatoms. The summed E-state index contributed by atoms with van der Waals surface area (Å²) >= 11 is 2.76. The van der Waals surface area contributed by atoms with Crippen molar-refractivity contribution in [2.45, 2.75) is 4.34 Å². The van der Waals surface area contributed by atoms with Crippen molar-refractivity contribution in [3.63, 3.8) is 0 Å². The van der Waals surface area contributed by atoms with Gasteiger partial charge in [0.2, 0.25) is 15.2 Å². The number of aromatic nitrogens is 2. The first kappa shape index (κ1) is 20.1. The van der Waals surface area contributed by atoms with Crippen LogP contribution in [-0.4, -0.2) is 43.1 Å². The Kier molecular flexibility index (Phi) is 6.95. The van der Waals surface area contributed by atoms with Gasteiger partial charge < -0.3 is 0 Å². The molecule has 2 aromatic rings. The number of benzene rings is 1. The van der Waals surface area contributed by atoms with Crippen molar-refractivity contribution in [1.29, 1.82) is 0 Å². The second-order valence-corrected chi connectivity index (χ2v) is 9.21. The molecule has 1 aromatic carbocycles. The monoisotopic (exact) mass is 410 g/mol. The molecule has 0 unspecified atom stereocenters. The summed E-state index contributed by atoms with van der Waals surface area (Å²) in [5.41, 5.74) is 0.847. The molecule has 0 fully saturated rings. The van der Waals surface area contributed by atoms with Crippen LogP contribution in [0.2, 0.25) is 0 Å². The first-order valence-corrected chi connectivity index (χ1v) is 11.1. The Hall–Kier alpha value is -2.17. The Morgan fingerprint density at radius 2 is 1.96 bits per heavy atom. The number of hydrogen-bond acceptors (Lipinski definition) is 7. The fraction of sp³-hybridized carbons (Fsp3) is 0.188. The van der Waals surface area contributed by atoms with Gasteiger partial charge in [-0.1, -0.05) is 35.3 Å². The third-order valence-electron chi connectivity index (χ3n) is 3.06. The number of nitrogens with one attached hydrogen (secondary N) is 1. The van der Waals surface area contributed by atoms with E-state index in [0.29, 0.717) is 22.1 Å². The molecule has 0 aliphatic carbocycles. The van der Waals surface area contributed by atoms with Gasteiger partial charge in [0.15, 0.2) is 4.34 Å². The van der Waals surface area contributed by atoms with E-state index >= 15 is 0 Å². The van der Waals surface area contributed by atoms with E-state index in [1.165, 1.54) is 33.5 Å². The summed E-state index contributed by atoms with van der Waals surface area (Å²) < 4.78 is 25.6. The van der Waals surface area contributed by atoms with Crippen LogP contribution >= 0.6 is 23.1 Å². The Bertz CT molecular complexity index is 892.